The van der Waals surface area contributed by atoms with Crippen molar-refractivity contribution in [2.24, 2.45) is 0 Å². The maximum Gasteiger partial charge on any atom is 0.330 e. The second-order valence-corrected chi connectivity index (χ2v) is 13.8. The van der Waals surface area contributed by atoms with E-state index in [9.17, 15) is 4.79 Å². The van der Waals surface area contributed by atoms with Crippen LogP contribution < -0.4 is 0 Å². The molecule has 0 aromatic heterocycles. The van der Waals surface area contributed by atoms with Gasteiger partial charge in [-0.25, -0.2) is 4.79 Å². The summed E-state index contributed by atoms with van der Waals surface area (Å²) in [5.41, 5.74) is 7.50. The minimum atomic E-state index is -0.715. The van der Waals surface area contributed by atoms with Crippen LogP contribution in [0.2, 0.25) is 0 Å². The molecule has 7 rings (SSSR count). The molecule has 0 radical (unpaired) electrons. The normalized spacial score (nSPS) is 19.8. The zero-order chi connectivity index (χ0) is 41.5. The number of likely N-dealkylation sites (N-methyl/N-ethyl adjacent to an activating group) is 1. The van der Waals surface area contributed by atoms with Crippen molar-refractivity contribution in [3.05, 3.63) is 178 Å². The largest absolute Gasteiger partial charge is 0.467 e. The Hall–Kier alpha value is -4.51. The van der Waals surface area contributed by atoms with Crippen molar-refractivity contribution in [3.63, 3.8) is 0 Å². The summed E-state index contributed by atoms with van der Waals surface area (Å²) in [5.74, 6) is -0.203. The number of benzene rings is 5. The average Bonchev–Trinajstić information content (AvgIpc) is 3.47. The maximum atomic E-state index is 12.3. The van der Waals surface area contributed by atoms with Gasteiger partial charge in [0.2, 0.25) is 0 Å². The number of fused-ring (bicyclic) bond motifs is 2. The second kappa shape index (κ2) is 21.0. The number of ether oxygens (including phenoxy) is 1. The maximum absolute atomic E-state index is 12.3. The first kappa shape index (κ1) is 46.6. The molecule has 5 aromatic carbocycles. The summed E-state index contributed by atoms with van der Waals surface area (Å²) in [4.78, 5) is 17.0. The molecule has 55 heavy (non-hydrogen) atoms. The van der Waals surface area contributed by atoms with Gasteiger partial charge in [0.05, 0.1) is 18.2 Å². The van der Waals surface area contributed by atoms with E-state index in [1.807, 2.05) is 87.6 Å². The van der Waals surface area contributed by atoms with Gasteiger partial charge in [0, 0.05) is 5.54 Å². The van der Waals surface area contributed by atoms with Gasteiger partial charge in [-0.05, 0) is 87.2 Å². The fourth-order valence-corrected chi connectivity index (χ4v) is 8.22. The van der Waals surface area contributed by atoms with Gasteiger partial charge in [0.1, 0.15) is 5.54 Å². The molecule has 4 heteroatoms. The highest BCUT2D eigenvalue weighted by Gasteiger charge is 2.56. The zero-order valence-electron chi connectivity index (χ0n) is 36.7. The van der Waals surface area contributed by atoms with E-state index in [2.05, 4.69) is 159 Å². The van der Waals surface area contributed by atoms with E-state index < -0.39 is 5.54 Å². The van der Waals surface area contributed by atoms with Gasteiger partial charge in [0.15, 0.2) is 0 Å². The Morgan fingerprint density at radius 1 is 0.491 bits per heavy atom. The third-order valence-corrected chi connectivity index (χ3v) is 11.1. The van der Waals surface area contributed by atoms with Crippen LogP contribution in [0.25, 0.3) is 0 Å². The van der Waals surface area contributed by atoms with Gasteiger partial charge < -0.3 is 4.74 Å². The summed E-state index contributed by atoms with van der Waals surface area (Å²) in [5, 5.41) is 0. The van der Waals surface area contributed by atoms with Gasteiger partial charge in [-0.15, -0.1) is 0 Å². The quantitative estimate of drug-likeness (QED) is 0.172. The third kappa shape index (κ3) is 8.52. The van der Waals surface area contributed by atoms with Crippen LogP contribution in [0.5, 0.6) is 0 Å². The molecular weight excluding hydrogens is 673 g/mol. The SMILES string of the molecule is CC.CC.CC.CC.CN1C(C)(c2ccccc2)c2ccccc2C1(c1ccccc1)c1ccccc1.COC(=O)C1(C)c2ccccc2CC(C)(C)N1C. The highest BCUT2D eigenvalue weighted by molar-refractivity contribution is 5.83. The summed E-state index contributed by atoms with van der Waals surface area (Å²) in [6.45, 7) is 24.6. The molecule has 0 saturated carbocycles. The molecule has 4 nitrogen and oxygen atoms in total. The van der Waals surface area contributed by atoms with Crippen molar-refractivity contribution in [1.82, 2.24) is 9.80 Å². The predicted molar refractivity (Wildman–Crippen MR) is 237 cm³/mol. The lowest BCUT2D eigenvalue weighted by Gasteiger charge is -2.51. The molecule has 0 amide bonds. The number of carbonyl (C=O) groups is 1. The first-order chi connectivity index (χ1) is 26.5. The monoisotopic (exact) mass is 743 g/mol. The third-order valence-electron chi connectivity index (χ3n) is 11.1. The van der Waals surface area contributed by atoms with Crippen molar-refractivity contribution in [2.45, 2.75) is 112 Å². The molecule has 0 fully saturated rings. The molecular formula is C51H70N2O2. The topological polar surface area (TPSA) is 32.8 Å². The van der Waals surface area contributed by atoms with Crippen LogP contribution in [0.3, 0.4) is 0 Å². The summed E-state index contributed by atoms with van der Waals surface area (Å²) >= 11 is 0. The van der Waals surface area contributed by atoms with E-state index in [4.69, 9.17) is 4.74 Å². The number of rotatable bonds is 4. The number of nitrogens with zero attached hydrogens (tertiary/aromatic N) is 2. The molecule has 0 N–H and O–H groups in total. The van der Waals surface area contributed by atoms with Crippen molar-refractivity contribution in [3.8, 4) is 0 Å². The van der Waals surface area contributed by atoms with E-state index in [1.54, 1.807) is 0 Å². The Bertz CT molecular complexity index is 1810. The molecule has 0 spiro atoms. The minimum absolute atomic E-state index is 0.0721. The van der Waals surface area contributed by atoms with Crippen molar-refractivity contribution >= 4 is 5.97 Å². The lowest BCUT2D eigenvalue weighted by Crippen LogP contribution is -2.61. The lowest BCUT2D eigenvalue weighted by atomic mass is 9.75. The fourth-order valence-electron chi connectivity index (χ4n) is 8.22. The van der Waals surface area contributed by atoms with Gasteiger partial charge in [0.25, 0.3) is 0 Å². The van der Waals surface area contributed by atoms with Crippen LogP contribution in [0.15, 0.2) is 140 Å². The molecule has 2 heterocycles. The molecule has 0 saturated heterocycles. The average molecular weight is 743 g/mol. The van der Waals surface area contributed by atoms with Crippen LogP contribution >= 0.6 is 0 Å². The van der Waals surface area contributed by atoms with Crippen molar-refractivity contribution in [1.29, 1.82) is 0 Å². The molecule has 5 aromatic rings. The Morgan fingerprint density at radius 3 is 1.29 bits per heavy atom. The van der Waals surface area contributed by atoms with Crippen LogP contribution in [0.1, 0.15) is 122 Å². The first-order valence-electron chi connectivity index (χ1n) is 20.4. The Labute approximate surface area is 335 Å². The highest BCUT2D eigenvalue weighted by Crippen LogP contribution is 2.57. The van der Waals surface area contributed by atoms with Gasteiger partial charge in [-0.2, -0.15) is 0 Å². The molecule has 2 aliphatic heterocycles. The molecule has 2 aliphatic rings. The molecule has 2 unspecified atom stereocenters. The van der Waals surface area contributed by atoms with Crippen LogP contribution in [0, 0.1) is 0 Å². The van der Waals surface area contributed by atoms with E-state index in [0.29, 0.717) is 0 Å². The number of methoxy groups -OCH3 is 1. The number of esters is 1. The fraction of sp³-hybridized carbons (Fsp3) is 0.392. The van der Waals surface area contributed by atoms with Crippen molar-refractivity contribution in [2.75, 3.05) is 21.2 Å². The minimum Gasteiger partial charge on any atom is -0.467 e. The van der Waals surface area contributed by atoms with Crippen LogP contribution in [-0.4, -0.2) is 42.5 Å². The first-order valence-corrected chi connectivity index (χ1v) is 20.4. The standard InChI is InChI=1S/C28H25N.C15H21NO2.4C2H6/c1-27(22-14-6-3-7-15-22)25-20-12-13-21-26(25)28(29(27)2,23-16-8-4-9-17-23)24-18-10-5-11-19-24;1-14(2)10-11-8-6-7-9-12(11)15(3,16(14)4)13(17)18-5;4*1-2/h3-21H,1-2H3;6-9H,10H2,1-5H3;4*1-2H3. The number of hydrogen-bond donors (Lipinski definition) is 0. The molecule has 2 atom stereocenters. The highest BCUT2D eigenvalue weighted by atomic mass is 16.5. The molecule has 0 aliphatic carbocycles. The summed E-state index contributed by atoms with van der Waals surface area (Å²) < 4.78 is 5.03. The van der Waals surface area contributed by atoms with E-state index in [-0.39, 0.29) is 22.6 Å². The summed E-state index contributed by atoms with van der Waals surface area (Å²) in [7, 11) is 5.71. The Kier molecular flexibility index (Phi) is 17.8. The Morgan fingerprint density at radius 2 is 0.855 bits per heavy atom. The molecule has 0 bridgehead atoms. The van der Waals surface area contributed by atoms with Crippen LogP contribution in [-0.2, 0) is 32.6 Å². The van der Waals surface area contributed by atoms with Gasteiger partial charge in [-0.3, -0.25) is 9.80 Å². The zero-order valence-corrected chi connectivity index (χ0v) is 36.7. The van der Waals surface area contributed by atoms with Gasteiger partial charge in [-0.1, -0.05) is 195 Å². The van der Waals surface area contributed by atoms with E-state index in [0.717, 1.165) is 12.0 Å². The van der Waals surface area contributed by atoms with E-state index >= 15 is 0 Å². The number of carbonyl (C=O) groups excluding carboxylic acids is 1. The van der Waals surface area contributed by atoms with Gasteiger partial charge >= 0.3 is 5.97 Å². The number of hydrogen-bond acceptors (Lipinski definition) is 4. The predicted octanol–water partition coefficient (Wildman–Crippen LogP) is 12.6. The summed E-state index contributed by atoms with van der Waals surface area (Å²) in [6.07, 6.45) is 0.937. The molecule has 296 valence electrons. The van der Waals surface area contributed by atoms with Crippen LogP contribution in [0.4, 0.5) is 0 Å². The van der Waals surface area contributed by atoms with E-state index in [1.165, 1.54) is 40.5 Å². The second-order valence-electron chi connectivity index (χ2n) is 13.8. The smallest absolute Gasteiger partial charge is 0.330 e. The van der Waals surface area contributed by atoms with Crippen molar-refractivity contribution < 1.29 is 9.53 Å². The Balaban J connectivity index is 0.000000347. The summed E-state index contributed by atoms with van der Waals surface area (Å²) in [6, 6.07) is 49.8. The lowest BCUT2D eigenvalue weighted by molar-refractivity contribution is -0.159.